The van der Waals surface area contributed by atoms with Gasteiger partial charge < -0.3 is 10.5 Å². The summed E-state index contributed by atoms with van der Waals surface area (Å²) in [6.45, 7) is -0.295. The van der Waals surface area contributed by atoms with Gasteiger partial charge in [-0.1, -0.05) is 0 Å². The lowest BCUT2D eigenvalue weighted by molar-refractivity contribution is -0.138. The van der Waals surface area contributed by atoms with Crippen LogP contribution in [0.15, 0.2) is 18.2 Å². The van der Waals surface area contributed by atoms with Gasteiger partial charge in [-0.2, -0.15) is 5.26 Å². The van der Waals surface area contributed by atoms with Gasteiger partial charge in [-0.25, -0.2) is 4.90 Å². The monoisotopic (exact) mass is 231 g/mol. The van der Waals surface area contributed by atoms with Gasteiger partial charge in [-0.15, -0.1) is 0 Å². The molecule has 0 radical (unpaired) electrons. The molecule has 86 valence electrons. The zero-order valence-corrected chi connectivity index (χ0v) is 8.84. The molecular formula is C11H9N3O3. The fourth-order valence-electron chi connectivity index (χ4n) is 1.59. The van der Waals surface area contributed by atoms with Crippen molar-refractivity contribution in [2.24, 2.45) is 0 Å². The summed E-state index contributed by atoms with van der Waals surface area (Å²) in [5, 5.41) is 8.69. The average molecular weight is 231 g/mol. The number of hydrogen-bond acceptors (Lipinski definition) is 5. The Labute approximate surface area is 97.2 Å². The SMILES string of the molecule is N#Cc1ccc(N2C(=O)COCC2=O)c(N)c1. The van der Waals surface area contributed by atoms with Gasteiger partial charge in [0.15, 0.2) is 0 Å². The Bertz CT molecular complexity index is 517. The molecule has 6 heteroatoms. The van der Waals surface area contributed by atoms with Crippen molar-refractivity contribution in [3.8, 4) is 6.07 Å². The highest BCUT2D eigenvalue weighted by Gasteiger charge is 2.29. The number of amides is 2. The number of nitrogen functional groups attached to an aromatic ring is 1. The molecule has 0 aliphatic carbocycles. The molecule has 0 unspecified atom stereocenters. The number of anilines is 2. The highest BCUT2D eigenvalue weighted by molar-refractivity contribution is 6.18. The van der Waals surface area contributed by atoms with Crippen LogP contribution in [0, 0.1) is 11.3 Å². The number of hydrogen-bond donors (Lipinski definition) is 1. The number of nitriles is 1. The number of nitrogens with zero attached hydrogens (tertiary/aromatic N) is 2. The first kappa shape index (κ1) is 11.1. The Morgan fingerprint density at radius 1 is 1.29 bits per heavy atom. The molecule has 1 aromatic carbocycles. The molecule has 0 atom stereocenters. The second kappa shape index (κ2) is 4.23. The normalized spacial score (nSPS) is 15.8. The van der Waals surface area contributed by atoms with Crippen molar-refractivity contribution in [2.45, 2.75) is 0 Å². The Kier molecular flexibility index (Phi) is 2.77. The second-order valence-corrected chi connectivity index (χ2v) is 3.50. The van der Waals surface area contributed by atoms with E-state index in [4.69, 9.17) is 15.7 Å². The Morgan fingerprint density at radius 3 is 2.47 bits per heavy atom. The van der Waals surface area contributed by atoms with Crippen LogP contribution in [0.2, 0.25) is 0 Å². The van der Waals surface area contributed by atoms with Crippen molar-refractivity contribution in [1.82, 2.24) is 0 Å². The smallest absolute Gasteiger partial charge is 0.259 e. The van der Waals surface area contributed by atoms with Crippen LogP contribution < -0.4 is 10.6 Å². The summed E-state index contributed by atoms with van der Waals surface area (Å²) in [5.41, 5.74) is 6.60. The molecule has 2 rings (SSSR count). The van der Waals surface area contributed by atoms with Crippen LogP contribution in [0.25, 0.3) is 0 Å². The maximum atomic E-state index is 11.6. The van der Waals surface area contributed by atoms with Gasteiger partial charge in [0.05, 0.1) is 23.0 Å². The van der Waals surface area contributed by atoms with E-state index in [-0.39, 0.29) is 18.9 Å². The summed E-state index contributed by atoms with van der Waals surface area (Å²) in [7, 11) is 0. The van der Waals surface area contributed by atoms with Gasteiger partial charge in [0.25, 0.3) is 11.8 Å². The van der Waals surface area contributed by atoms with Gasteiger partial charge in [0.1, 0.15) is 13.2 Å². The molecule has 1 heterocycles. The van der Waals surface area contributed by atoms with E-state index in [2.05, 4.69) is 0 Å². The van der Waals surface area contributed by atoms with Crippen LogP contribution in [0.4, 0.5) is 11.4 Å². The number of benzene rings is 1. The first-order valence-electron chi connectivity index (χ1n) is 4.86. The quantitative estimate of drug-likeness (QED) is 0.543. The Balaban J connectivity index is 2.42. The van der Waals surface area contributed by atoms with E-state index >= 15 is 0 Å². The third-order valence-electron chi connectivity index (χ3n) is 2.35. The average Bonchev–Trinajstić information content (AvgIpc) is 2.30. The molecule has 1 saturated heterocycles. The molecule has 2 N–H and O–H groups in total. The minimum absolute atomic E-state index is 0.148. The molecule has 1 aliphatic heterocycles. The lowest BCUT2D eigenvalue weighted by atomic mass is 10.1. The van der Waals surface area contributed by atoms with E-state index < -0.39 is 11.8 Å². The molecule has 0 spiro atoms. The topological polar surface area (TPSA) is 96.4 Å². The van der Waals surface area contributed by atoms with Crippen LogP contribution in [0.1, 0.15) is 5.56 Å². The molecule has 0 saturated carbocycles. The van der Waals surface area contributed by atoms with E-state index in [1.807, 2.05) is 6.07 Å². The molecule has 1 aromatic rings. The van der Waals surface area contributed by atoms with Crippen molar-refractivity contribution in [1.29, 1.82) is 5.26 Å². The number of imide groups is 1. The van der Waals surface area contributed by atoms with Crippen LogP contribution in [0.3, 0.4) is 0 Å². The van der Waals surface area contributed by atoms with Crippen molar-refractivity contribution in [2.75, 3.05) is 23.8 Å². The molecule has 1 fully saturated rings. The summed E-state index contributed by atoms with van der Waals surface area (Å²) in [6, 6.07) is 6.33. The zero-order chi connectivity index (χ0) is 12.4. The fraction of sp³-hybridized carbons (Fsp3) is 0.182. The number of morpholine rings is 1. The number of ether oxygens (including phenoxy) is 1. The fourth-order valence-corrected chi connectivity index (χ4v) is 1.59. The highest BCUT2D eigenvalue weighted by atomic mass is 16.5. The number of carbonyl (C=O) groups is 2. The van der Waals surface area contributed by atoms with E-state index in [0.717, 1.165) is 4.90 Å². The van der Waals surface area contributed by atoms with Gasteiger partial charge in [0.2, 0.25) is 0 Å². The first-order chi connectivity index (χ1) is 8.13. The predicted octanol–water partition coefficient (Wildman–Crippen LogP) is 0.0303. The van der Waals surface area contributed by atoms with E-state index in [0.29, 0.717) is 11.3 Å². The number of carbonyl (C=O) groups excluding carboxylic acids is 2. The summed E-state index contributed by atoms with van der Waals surface area (Å²) >= 11 is 0. The van der Waals surface area contributed by atoms with Crippen molar-refractivity contribution in [3.05, 3.63) is 23.8 Å². The minimum atomic E-state index is -0.461. The van der Waals surface area contributed by atoms with E-state index in [9.17, 15) is 9.59 Å². The molecule has 0 aromatic heterocycles. The van der Waals surface area contributed by atoms with Gasteiger partial charge in [0, 0.05) is 0 Å². The largest absolute Gasteiger partial charge is 0.397 e. The Hall–Kier alpha value is -2.39. The molecular weight excluding hydrogens is 222 g/mol. The zero-order valence-electron chi connectivity index (χ0n) is 8.84. The summed E-state index contributed by atoms with van der Waals surface area (Å²) in [6.07, 6.45) is 0. The highest BCUT2D eigenvalue weighted by Crippen LogP contribution is 2.25. The maximum absolute atomic E-state index is 11.6. The lowest BCUT2D eigenvalue weighted by Crippen LogP contribution is -2.46. The Morgan fingerprint density at radius 2 is 1.94 bits per heavy atom. The third-order valence-corrected chi connectivity index (χ3v) is 2.35. The molecule has 2 amide bonds. The predicted molar refractivity (Wildman–Crippen MR) is 58.9 cm³/mol. The standard InChI is InChI=1S/C11H9N3O3/c12-4-7-1-2-9(8(13)3-7)14-10(15)5-17-6-11(14)16/h1-3H,5-6,13H2. The number of rotatable bonds is 1. The summed E-state index contributed by atoms with van der Waals surface area (Å²) < 4.78 is 4.80. The maximum Gasteiger partial charge on any atom is 0.259 e. The first-order valence-corrected chi connectivity index (χ1v) is 4.86. The van der Waals surface area contributed by atoms with Crippen LogP contribution in [-0.4, -0.2) is 25.0 Å². The molecule has 0 bridgehead atoms. The van der Waals surface area contributed by atoms with E-state index in [1.54, 1.807) is 0 Å². The molecule has 6 nitrogen and oxygen atoms in total. The van der Waals surface area contributed by atoms with Crippen molar-refractivity contribution < 1.29 is 14.3 Å². The lowest BCUT2D eigenvalue weighted by Gasteiger charge is -2.25. The molecule has 17 heavy (non-hydrogen) atoms. The van der Waals surface area contributed by atoms with Crippen molar-refractivity contribution >= 4 is 23.2 Å². The van der Waals surface area contributed by atoms with Gasteiger partial charge >= 0.3 is 0 Å². The minimum Gasteiger partial charge on any atom is -0.397 e. The van der Waals surface area contributed by atoms with Crippen LogP contribution in [-0.2, 0) is 14.3 Å². The summed E-state index contributed by atoms with van der Waals surface area (Å²) in [5.74, 6) is -0.921. The van der Waals surface area contributed by atoms with Crippen LogP contribution in [0.5, 0.6) is 0 Å². The van der Waals surface area contributed by atoms with Crippen LogP contribution >= 0.6 is 0 Å². The van der Waals surface area contributed by atoms with Gasteiger partial charge in [-0.3, -0.25) is 9.59 Å². The van der Waals surface area contributed by atoms with Crippen molar-refractivity contribution in [3.63, 3.8) is 0 Å². The van der Waals surface area contributed by atoms with Gasteiger partial charge in [-0.05, 0) is 18.2 Å². The molecule has 1 aliphatic rings. The third kappa shape index (κ3) is 1.96. The number of nitrogens with two attached hydrogens (primary N) is 1. The second-order valence-electron chi connectivity index (χ2n) is 3.50. The van der Waals surface area contributed by atoms with E-state index in [1.165, 1.54) is 18.2 Å². The summed E-state index contributed by atoms with van der Waals surface area (Å²) in [4.78, 5) is 24.1.